The fourth-order valence-electron chi connectivity index (χ4n) is 6.58. The van der Waals surface area contributed by atoms with Crippen molar-refractivity contribution in [2.24, 2.45) is 0 Å². The molecule has 0 atom stereocenters. The van der Waals surface area contributed by atoms with Gasteiger partial charge >= 0.3 is 0 Å². The van der Waals surface area contributed by atoms with E-state index in [-0.39, 0.29) is 0 Å². The Labute approximate surface area is 259 Å². The van der Waals surface area contributed by atoms with Crippen molar-refractivity contribution < 1.29 is 0 Å². The average molecular weight is 579 g/mol. The lowest BCUT2D eigenvalue weighted by molar-refractivity contribution is 1.30. The number of hydrogen-bond donors (Lipinski definition) is 0. The van der Waals surface area contributed by atoms with Crippen molar-refractivity contribution in [3.63, 3.8) is 0 Å². The molecule has 3 heteroatoms. The van der Waals surface area contributed by atoms with Crippen LogP contribution in [0.3, 0.4) is 0 Å². The van der Waals surface area contributed by atoms with Gasteiger partial charge in [-0.3, -0.25) is 0 Å². The van der Waals surface area contributed by atoms with Crippen LogP contribution >= 0.6 is 11.3 Å². The van der Waals surface area contributed by atoms with Gasteiger partial charge in [-0.15, -0.1) is 11.3 Å². The molecule has 0 aliphatic rings. The molecule has 2 nitrogen and oxygen atoms in total. The lowest BCUT2D eigenvalue weighted by Gasteiger charge is -2.26. The summed E-state index contributed by atoms with van der Waals surface area (Å²) in [5.41, 5.74) is 5.80. The summed E-state index contributed by atoms with van der Waals surface area (Å²) in [4.78, 5) is 8.08. The summed E-state index contributed by atoms with van der Waals surface area (Å²) >= 11 is 1.75. The molecule has 0 amide bonds. The highest BCUT2D eigenvalue weighted by Gasteiger charge is 2.16. The second-order valence-electron chi connectivity index (χ2n) is 11.2. The van der Waals surface area contributed by atoms with Gasteiger partial charge in [-0.2, -0.15) is 0 Å². The lowest BCUT2D eigenvalue weighted by Crippen LogP contribution is -2.09. The van der Waals surface area contributed by atoms with Crippen molar-refractivity contribution in [1.82, 2.24) is 4.98 Å². The molecule has 206 valence electrons. The molecule has 0 radical (unpaired) electrons. The molecule has 0 N–H and O–H groups in total. The number of anilines is 3. The summed E-state index contributed by atoms with van der Waals surface area (Å²) in [6.45, 7) is 0. The Morgan fingerprint density at radius 2 is 1.07 bits per heavy atom. The predicted octanol–water partition coefficient (Wildman–Crippen LogP) is 12.0. The monoisotopic (exact) mass is 578 g/mol. The third-order valence-corrected chi connectivity index (χ3v) is 9.77. The molecule has 7 aromatic carbocycles. The van der Waals surface area contributed by atoms with E-state index in [9.17, 15) is 0 Å². The molecule has 0 spiro atoms. The highest BCUT2D eigenvalue weighted by Crippen LogP contribution is 2.42. The third kappa shape index (κ3) is 4.05. The van der Waals surface area contributed by atoms with Gasteiger partial charge in [0.1, 0.15) is 4.83 Å². The summed E-state index contributed by atoms with van der Waals surface area (Å²) in [5.74, 6) is 0. The first-order valence-corrected chi connectivity index (χ1v) is 15.7. The molecule has 0 unspecified atom stereocenters. The normalized spacial score (nSPS) is 11.6. The molecule has 2 aromatic heterocycles. The molecule has 0 saturated carbocycles. The number of rotatable bonds is 4. The number of nitrogens with zero attached hydrogens (tertiary/aromatic N) is 2. The topological polar surface area (TPSA) is 16.1 Å². The van der Waals surface area contributed by atoms with Crippen LogP contribution in [0.4, 0.5) is 17.1 Å². The Hall–Kier alpha value is -5.51. The van der Waals surface area contributed by atoms with Gasteiger partial charge in [-0.25, -0.2) is 4.98 Å². The van der Waals surface area contributed by atoms with Gasteiger partial charge in [0, 0.05) is 38.7 Å². The smallest absolute Gasteiger partial charge is 0.124 e. The van der Waals surface area contributed by atoms with Crippen LogP contribution in [0.1, 0.15) is 0 Å². The standard InChI is InChI=1S/C41H26N2S/c1-2-7-27(8-3-1)28-16-18-32(19-17-28)43(34-21-23-37-38-11-6-24-42-41(38)44-39(37)26-34)33-20-22-36-31(25-33)15-14-30-13-12-29-9-4-5-10-35(29)40(30)36/h1-26H. The molecule has 9 aromatic rings. The summed E-state index contributed by atoms with van der Waals surface area (Å²) in [6.07, 6.45) is 1.88. The van der Waals surface area contributed by atoms with Crippen molar-refractivity contribution >= 4 is 81.0 Å². The first-order valence-electron chi connectivity index (χ1n) is 14.9. The minimum atomic E-state index is 1.07. The second-order valence-corrected chi connectivity index (χ2v) is 12.3. The van der Waals surface area contributed by atoms with Gasteiger partial charge in [0.25, 0.3) is 0 Å². The van der Waals surface area contributed by atoms with Crippen LogP contribution in [0.5, 0.6) is 0 Å². The highest BCUT2D eigenvalue weighted by atomic mass is 32.1. The molecule has 0 aliphatic heterocycles. The van der Waals surface area contributed by atoms with E-state index in [4.69, 9.17) is 0 Å². The van der Waals surface area contributed by atoms with E-state index in [2.05, 4.69) is 155 Å². The Morgan fingerprint density at radius 3 is 1.93 bits per heavy atom. The molecular weight excluding hydrogens is 553 g/mol. The van der Waals surface area contributed by atoms with Crippen LogP contribution in [-0.2, 0) is 0 Å². The van der Waals surface area contributed by atoms with E-state index < -0.39 is 0 Å². The van der Waals surface area contributed by atoms with Gasteiger partial charge in [0.15, 0.2) is 0 Å². The van der Waals surface area contributed by atoms with Gasteiger partial charge < -0.3 is 4.90 Å². The van der Waals surface area contributed by atoms with Gasteiger partial charge in [0.05, 0.1) is 0 Å². The minimum absolute atomic E-state index is 1.07. The van der Waals surface area contributed by atoms with Crippen LogP contribution < -0.4 is 4.90 Å². The van der Waals surface area contributed by atoms with Crippen LogP contribution in [0, 0.1) is 0 Å². The Morgan fingerprint density at radius 1 is 0.432 bits per heavy atom. The Bertz CT molecular complexity index is 2490. The molecular formula is C41H26N2S. The van der Waals surface area contributed by atoms with Crippen LogP contribution in [0.15, 0.2) is 158 Å². The molecule has 2 heterocycles. The first kappa shape index (κ1) is 25.0. The van der Waals surface area contributed by atoms with E-state index in [1.54, 1.807) is 11.3 Å². The fourth-order valence-corrected chi connectivity index (χ4v) is 7.66. The summed E-state index contributed by atoms with van der Waals surface area (Å²) in [6, 6.07) is 55.0. The van der Waals surface area contributed by atoms with Crippen molar-refractivity contribution in [1.29, 1.82) is 0 Å². The van der Waals surface area contributed by atoms with E-state index >= 15 is 0 Å². The zero-order chi connectivity index (χ0) is 29.0. The van der Waals surface area contributed by atoms with Crippen LogP contribution in [-0.4, -0.2) is 4.98 Å². The third-order valence-electron chi connectivity index (χ3n) is 8.69. The lowest BCUT2D eigenvalue weighted by atomic mass is 9.96. The van der Waals surface area contributed by atoms with E-state index in [0.29, 0.717) is 0 Å². The zero-order valence-corrected chi connectivity index (χ0v) is 24.6. The molecule has 0 fully saturated rings. The second kappa shape index (κ2) is 10.0. The summed E-state index contributed by atoms with van der Waals surface area (Å²) < 4.78 is 1.24. The molecule has 0 aliphatic carbocycles. The SMILES string of the molecule is c1ccc(-c2ccc(N(c3ccc4c(ccc5ccc6ccccc6c54)c3)c3ccc4c(c3)sc3ncccc34)cc2)cc1. The fraction of sp³-hybridized carbons (Fsp3) is 0. The van der Waals surface area contributed by atoms with Gasteiger partial charge in [-0.05, 0) is 92.0 Å². The number of hydrogen-bond acceptors (Lipinski definition) is 3. The van der Waals surface area contributed by atoms with Crippen molar-refractivity contribution in [2.75, 3.05) is 4.90 Å². The minimum Gasteiger partial charge on any atom is -0.310 e. The number of fused-ring (bicyclic) bond motifs is 8. The number of benzene rings is 7. The predicted molar refractivity (Wildman–Crippen MR) is 190 cm³/mol. The summed E-state index contributed by atoms with van der Waals surface area (Å²) in [5, 5.41) is 10.1. The van der Waals surface area contributed by atoms with E-state index in [1.165, 1.54) is 58.9 Å². The van der Waals surface area contributed by atoms with Crippen LogP contribution in [0.2, 0.25) is 0 Å². The van der Waals surface area contributed by atoms with Gasteiger partial charge in [-0.1, -0.05) is 103 Å². The molecule has 0 saturated heterocycles. The quantitative estimate of drug-likeness (QED) is 0.193. The first-order chi connectivity index (χ1) is 21.8. The highest BCUT2D eigenvalue weighted by molar-refractivity contribution is 7.25. The Kier molecular flexibility index (Phi) is 5.71. The Balaban J connectivity index is 1.24. The van der Waals surface area contributed by atoms with Crippen molar-refractivity contribution in [3.8, 4) is 11.1 Å². The van der Waals surface area contributed by atoms with Crippen molar-refractivity contribution in [2.45, 2.75) is 0 Å². The maximum Gasteiger partial charge on any atom is 0.124 e. The maximum absolute atomic E-state index is 4.63. The van der Waals surface area contributed by atoms with Crippen molar-refractivity contribution in [3.05, 3.63) is 158 Å². The summed E-state index contributed by atoms with van der Waals surface area (Å²) in [7, 11) is 0. The average Bonchev–Trinajstić information content (AvgIpc) is 3.47. The van der Waals surface area contributed by atoms with E-state index in [1.807, 2.05) is 12.3 Å². The molecule has 0 bridgehead atoms. The zero-order valence-electron chi connectivity index (χ0n) is 23.8. The van der Waals surface area contributed by atoms with Gasteiger partial charge in [0.2, 0.25) is 0 Å². The molecule has 9 rings (SSSR count). The number of pyridine rings is 1. The molecule has 44 heavy (non-hydrogen) atoms. The maximum atomic E-state index is 4.63. The van der Waals surface area contributed by atoms with E-state index in [0.717, 1.165) is 21.9 Å². The number of aromatic nitrogens is 1. The largest absolute Gasteiger partial charge is 0.310 e. The number of thiophene rings is 1. The van der Waals surface area contributed by atoms with Crippen LogP contribution in [0.25, 0.3) is 63.7 Å².